The number of carbonyl (C=O) groups is 1. The van der Waals surface area contributed by atoms with Gasteiger partial charge in [-0.15, -0.1) is 0 Å². The minimum atomic E-state index is -0.371. The third-order valence-corrected chi connectivity index (χ3v) is 1.75. The van der Waals surface area contributed by atoms with Crippen molar-refractivity contribution in [2.45, 2.75) is 6.92 Å². The molecule has 1 aromatic rings. The molecule has 0 saturated carbocycles. The fourth-order valence-electron chi connectivity index (χ4n) is 1.07. The summed E-state index contributed by atoms with van der Waals surface area (Å²) in [5.74, 6) is -0.371. The van der Waals surface area contributed by atoms with Crippen molar-refractivity contribution in [3.63, 3.8) is 0 Å². The highest BCUT2D eigenvalue weighted by Crippen LogP contribution is 2.15. The zero-order valence-electron chi connectivity index (χ0n) is 8.03. The molecule has 0 aliphatic carbocycles. The molecule has 4 heteroatoms. The number of ether oxygens (including phenoxy) is 1. The summed E-state index contributed by atoms with van der Waals surface area (Å²) in [5.41, 5.74) is 1.16. The molecule has 3 nitrogen and oxygen atoms in total. The zero-order chi connectivity index (χ0) is 10.6. The van der Waals surface area contributed by atoms with Crippen LogP contribution in [-0.2, 0) is 4.74 Å². The van der Waals surface area contributed by atoms with Gasteiger partial charge in [-0.2, -0.15) is 0 Å². The Kier molecular flexibility index (Phi) is 3.59. The Bertz CT molecular complexity index is 363. The molecular formula is C10H11NO2S. The van der Waals surface area contributed by atoms with Crippen LogP contribution >= 0.6 is 12.2 Å². The van der Waals surface area contributed by atoms with E-state index in [0.717, 1.165) is 0 Å². The minimum absolute atomic E-state index is 0.371. The Labute approximate surface area is 88.1 Å². The van der Waals surface area contributed by atoms with Gasteiger partial charge < -0.3 is 10.1 Å². The average molecular weight is 209 g/mol. The molecule has 1 aromatic carbocycles. The van der Waals surface area contributed by atoms with Gasteiger partial charge in [-0.05, 0) is 19.1 Å². The number of thiocarbonyl (C=S) groups is 1. The largest absolute Gasteiger partial charge is 0.465 e. The number of methoxy groups -OCH3 is 1. The van der Waals surface area contributed by atoms with E-state index in [4.69, 9.17) is 12.2 Å². The summed E-state index contributed by atoms with van der Waals surface area (Å²) in [6.45, 7) is 1.75. The monoisotopic (exact) mass is 209 g/mol. The Hall–Kier alpha value is -1.42. The highest BCUT2D eigenvalue weighted by atomic mass is 32.1. The van der Waals surface area contributed by atoms with E-state index in [0.29, 0.717) is 16.2 Å². The number of esters is 1. The van der Waals surface area contributed by atoms with Gasteiger partial charge in [-0.3, -0.25) is 0 Å². The molecule has 0 spiro atoms. The molecule has 14 heavy (non-hydrogen) atoms. The van der Waals surface area contributed by atoms with Gasteiger partial charge in [-0.25, -0.2) is 4.79 Å². The highest BCUT2D eigenvalue weighted by Gasteiger charge is 2.10. The fourth-order valence-corrected chi connectivity index (χ4v) is 1.18. The van der Waals surface area contributed by atoms with Crippen LogP contribution in [0.5, 0.6) is 0 Å². The van der Waals surface area contributed by atoms with Crippen LogP contribution in [0.15, 0.2) is 24.3 Å². The van der Waals surface area contributed by atoms with E-state index in [9.17, 15) is 4.79 Å². The molecule has 1 rings (SSSR count). The van der Waals surface area contributed by atoms with Crippen LogP contribution in [0.4, 0.5) is 5.69 Å². The molecule has 0 bridgehead atoms. The topological polar surface area (TPSA) is 38.3 Å². The van der Waals surface area contributed by atoms with Crippen molar-refractivity contribution in [2.24, 2.45) is 0 Å². The smallest absolute Gasteiger partial charge is 0.339 e. The third kappa shape index (κ3) is 2.53. The first-order chi connectivity index (χ1) is 6.65. The first-order valence-corrected chi connectivity index (χ1v) is 4.51. The molecule has 0 unspecified atom stereocenters. The maximum atomic E-state index is 11.3. The van der Waals surface area contributed by atoms with Gasteiger partial charge in [0.15, 0.2) is 0 Å². The third-order valence-electron chi connectivity index (χ3n) is 1.64. The summed E-state index contributed by atoms with van der Waals surface area (Å²) in [7, 11) is 1.35. The number of hydrogen-bond acceptors (Lipinski definition) is 3. The number of benzene rings is 1. The van der Waals surface area contributed by atoms with Crippen molar-refractivity contribution in [3.8, 4) is 0 Å². The lowest BCUT2D eigenvalue weighted by atomic mass is 10.2. The first kappa shape index (κ1) is 10.7. The summed E-state index contributed by atoms with van der Waals surface area (Å²) in [5, 5.41) is 2.92. The van der Waals surface area contributed by atoms with E-state index in [-0.39, 0.29) is 5.97 Å². The Morgan fingerprint density at radius 3 is 2.64 bits per heavy atom. The standard InChI is InChI=1S/C10H11NO2S/c1-7(14)11-9-6-4-3-5-8(9)10(12)13-2/h3-6H,1-2H3,(H,11,14). The molecule has 0 aliphatic rings. The molecular weight excluding hydrogens is 198 g/mol. The van der Waals surface area contributed by atoms with Crippen molar-refractivity contribution in [1.29, 1.82) is 0 Å². The lowest BCUT2D eigenvalue weighted by molar-refractivity contribution is 0.0602. The fraction of sp³-hybridized carbons (Fsp3) is 0.200. The second-order valence-electron chi connectivity index (χ2n) is 2.72. The van der Waals surface area contributed by atoms with Crippen molar-refractivity contribution in [1.82, 2.24) is 0 Å². The zero-order valence-corrected chi connectivity index (χ0v) is 8.85. The predicted octanol–water partition coefficient (Wildman–Crippen LogP) is 2.23. The van der Waals surface area contributed by atoms with Crippen LogP contribution in [0.1, 0.15) is 17.3 Å². The Balaban J connectivity index is 3.02. The number of rotatable bonds is 2. The molecule has 0 aliphatic heterocycles. The summed E-state index contributed by atoms with van der Waals surface area (Å²) in [6.07, 6.45) is 0. The van der Waals surface area contributed by atoms with Gasteiger partial charge >= 0.3 is 5.97 Å². The average Bonchev–Trinajstić information content (AvgIpc) is 2.16. The lowest BCUT2D eigenvalue weighted by Gasteiger charge is -2.08. The van der Waals surface area contributed by atoms with E-state index in [1.807, 2.05) is 6.07 Å². The normalized spacial score (nSPS) is 9.29. The molecule has 0 aromatic heterocycles. The van der Waals surface area contributed by atoms with E-state index in [1.54, 1.807) is 25.1 Å². The van der Waals surface area contributed by atoms with E-state index < -0.39 is 0 Å². The second kappa shape index (κ2) is 4.72. The van der Waals surface area contributed by atoms with Gasteiger partial charge in [0.25, 0.3) is 0 Å². The van der Waals surface area contributed by atoms with E-state index in [1.165, 1.54) is 7.11 Å². The number of para-hydroxylation sites is 1. The molecule has 0 amide bonds. The van der Waals surface area contributed by atoms with Crippen LogP contribution in [-0.4, -0.2) is 18.1 Å². The molecule has 0 heterocycles. The van der Waals surface area contributed by atoms with Crippen molar-refractivity contribution >= 4 is 28.9 Å². The van der Waals surface area contributed by atoms with Gasteiger partial charge in [0, 0.05) is 0 Å². The van der Waals surface area contributed by atoms with Crippen LogP contribution in [0.2, 0.25) is 0 Å². The van der Waals surface area contributed by atoms with Crippen molar-refractivity contribution in [2.75, 3.05) is 12.4 Å². The Morgan fingerprint density at radius 2 is 2.07 bits per heavy atom. The van der Waals surface area contributed by atoms with Gasteiger partial charge in [-0.1, -0.05) is 24.4 Å². The molecule has 0 saturated heterocycles. The summed E-state index contributed by atoms with van der Waals surface area (Å²) < 4.78 is 4.64. The summed E-state index contributed by atoms with van der Waals surface area (Å²) in [4.78, 5) is 11.9. The van der Waals surface area contributed by atoms with Gasteiger partial charge in [0.2, 0.25) is 0 Å². The maximum Gasteiger partial charge on any atom is 0.339 e. The first-order valence-electron chi connectivity index (χ1n) is 4.10. The highest BCUT2D eigenvalue weighted by molar-refractivity contribution is 7.80. The predicted molar refractivity (Wildman–Crippen MR) is 59.7 cm³/mol. The second-order valence-corrected chi connectivity index (χ2v) is 3.33. The molecule has 0 atom stereocenters. The molecule has 0 fully saturated rings. The van der Waals surface area contributed by atoms with Crippen LogP contribution in [0.25, 0.3) is 0 Å². The van der Waals surface area contributed by atoms with Crippen LogP contribution in [0, 0.1) is 0 Å². The van der Waals surface area contributed by atoms with E-state index >= 15 is 0 Å². The van der Waals surface area contributed by atoms with Crippen LogP contribution in [0.3, 0.4) is 0 Å². The number of carbonyl (C=O) groups excluding carboxylic acids is 1. The van der Waals surface area contributed by atoms with Gasteiger partial charge in [0.1, 0.15) is 0 Å². The SMILES string of the molecule is COC(=O)c1ccccc1NC(C)=S. The number of anilines is 1. The Morgan fingerprint density at radius 1 is 1.43 bits per heavy atom. The van der Waals surface area contributed by atoms with Crippen molar-refractivity contribution < 1.29 is 9.53 Å². The quantitative estimate of drug-likeness (QED) is 0.599. The molecule has 74 valence electrons. The van der Waals surface area contributed by atoms with E-state index in [2.05, 4.69) is 10.1 Å². The summed E-state index contributed by atoms with van der Waals surface area (Å²) >= 11 is 4.90. The maximum absolute atomic E-state index is 11.3. The number of nitrogens with one attached hydrogen (secondary N) is 1. The van der Waals surface area contributed by atoms with Crippen molar-refractivity contribution in [3.05, 3.63) is 29.8 Å². The van der Waals surface area contributed by atoms with Gasteiger partial charge in [0.05, 0.1) is 23.3 Å². The lowest BCUT2D eigenvalue weighted by Crippen LogP contribution is -2.10. The molecule has 0 radical (unpaired) electrons. The number of hydrogen-bond donors (Lipinski definition) is 1. The van der Waals surface area contributed by atoms with Crippen LogP contribution < -0.4 is 5.32 Å². The summed E-state index contributed by atoms with van der Waals surface area (Å²) in [6, 6.07) is 7.07. The minimum Gasteiger partial charge on any atom is -0.465 e. The molecule has 1 N–H and O–H groups in total.